The Labute approximate surface area is 296 Å². The quantitative estimate of drug-likeness (QED) is 0.234. The molecule has 14 heteroatoms. The summed E-state index contributed by atoms with van der Waals surface area (Å²) in [5, 5.41) is 8.90. The predicted octanol–water partition coefficient (Wildman–Crippen LogP) is 3.11. The number of thiazole rings is 1. The van der Waals surface area contributed by atoms with Crippen molar-refractivity contribution in [3.05, 3.63) is 29.3 Å². The molecule has 6 rings (SSSR count). The minimum atomic E-state index is -0.994. The SMILES string of the molecule is CC(C)N1CCC(C[C@H](CC(=O)[C@@H](NC(=O)O[C@@H]2CCOC2)C2CCOC2)C(=O)N[C@@H](C[C@@H]2CCNC2=O)C(=O)c2nc3ccccc3s2)C1. The van der Waals surface area contributed by atoms with E-state index < -0.39 is 35.9 Å². The Morgan fingerprint density at radius 1 is 1.04 bits per heavy atom. The summed E-state index contributed by atoms with van der Waals surface area (Å²) in [6.07, 6.45) is 2.04. The van der Waals surface area contributed by atoms with Gasteiger partial charge in [-0.2, -0.15) is 0 Å². The third-order valence-corrected chi connectivity index (χ3v) is 11.6. The average molecular weight is 712 g/mol. The number of amides is 3. The molecule has 4 saturated heterocycles. The van der Waals surface area contributed by atoms with E-state index in [0.29, 0.717) is 70.2 Å². The lowest BCUT2D eigenvalue weighted by molar-refractivity contribution is -0.131. The van der Waals surface area contributed by atoms with E-state index in [1.807, 2.05) is 24.3 Å². The van der Waals surface area contributed by atoms with Gasteiger partial charge in [0.15, 0.2) is 10.8 Å². The van der Waals surface area contributed by atoms with Gasteiger partial charge in [-0.3, -0.25) is 19.2 Å². The monoisotopic (exact) mass is 711 g/mol. The molecule has 0 aliphatic carbocycles. The van der Waals surface area contributed by atoms with Crippen molar-refractivity contribution in [1.82, 2.24) is 25.8 Å². The van der Waals surface area contributed by atoms with Crippen molar-refractivity contribution >= 4 is 51.0 Å². The number of nitrogens with one attached hydrogen (secondary N) is 3. The Morgan fingerprint density at radius 3 is 2.52 bits per heavy atom. The maximum atomic E-state index is 14.4. The Morgan fingerprint density at radius 2 is 1.84 bits per heavy atom. The van der Waals surface area contributed by atoms with Gasteiger partial charge in [0.2, 0.25) is 17.6 Å². The first kappa shape index (κ1) is 36.3. The van der Waals surface area contributed by atoms with Crippen molar-refractivity contribution in [1.29, 1.82) is 0 Å². The number of rotatable bonds is 15. The summed E-state index contributed by atoms with van der Waals surface area (Å²) in [4.78, 5) is 75.0. The highest BCUT2D eigenvalue weighted by Gasteiger charge is 2.39. The van der Waals surface area contributed by atoms with Crippen LogP contribution >= 0.6 is 11.3 Å². The van der Waals surface area contributed by atoms with Crippen LogP contribution in [0.5, 0.6) is 0 Å². The van der Waals surface area contributed by atoms with Crippen molar-refractivity contribution in [2.24, 2.45) is 23.7 Å². The normalized spacial score (nSPS) is 25.8. The van der Waals surface area contributed by atoms with E-state index in [1.54, 1.807) is 0 Å². The minimum absolute atomic E-state index is 0.121. The molecule has 0 bridgehead atoms. The first-order valence-corrected chi connectivity index (χ1v) is 18.8. The van der Waals surface area contributed by atoms with Gasteiger partial charge in [-0.05, 0) is 70.5 Å². The molecule has 2 aromatic rings. The molecule has 272 valence electrons. The lowest BCUT2D eigenvalue weighted by atomic mass is 9.84. The van der Waals surface area contributed by atoms with Crippen molar-refractivity contribution < 1.29 is 38.2 Å². The number of hydrogen-bond donors (Lipinski definition) is 3. The van der Waals surface area contributed by atoms with Gasteiger partial charge in [0, 0.05) is 56.3 Å². The molecule has 13 nitrogen and oxygen atoms in total. The van der Waals surface area contributed by atoms with Crippen molar-refractivity contribution in [3.8, 4) is 0 Å². The second-order valence-corrected chi connectivity index (χ2v) is 15.4. The van der Waals surface area contributed by atoms with Crippen LogP contribution in [0.15, 0.2) is 24.3 Å². The maximum Gasteiger partial charge on any atom is 0.408 e. The zero-order chi connectivity index (χ0) is 35.2. The van der Waals surface area contributed by atoms with Crippen molar-refractivity contribution in [2.45, 2.75) is 83.0 Å². The molecular weight excluding hydrogens is 662 g/mol. The van der Waals surface area contributed by atoms with E-state index in [1.165, 1.54) is 11.3 Å². The zero-order valence-electron chi connectivity index (χ0n) is 28.9. The molecule has 1 aromatic carbocycles. The van der Waals surface area contributed by atoms with E-state index in [-0.39, 0.29) is 53.3 Å². The summed E-state index contributed by atoms with van der Waals surface area (Å²) in [6.45, 7) is 8.12. The summed E-state index contributed by atoms with van der Waals surface area (Å²) in [6, 6.07) is 5.93. The smallest absolute Gasteiger partial charge is 0.408 e. The van der Waals surface area contributed by atoms with Crippen LogP contribution in [-0.4, -0.2) is 110 Å². The Bertz CT molecular complexity index is 1500. The van der Waals surface area contributed by atoms with Gasteiger partial charge < -0.3 is 35.1 Å². The molecule has 0 saturated carbocycles. The molecule has 3 amide bonds. The molecule has 4 aliphatic rings. The largest absolute Gasteiger partial charge is 0.444 e. The number of ether oxygens (including phenoxy) is 3. The first-order chi connectivity index (χ1) is 24.1. The number of nitrogens with zero attached hydrogens (tertiary/aromatic N) is 2. The van der Waals surface area contributed by atoms with Gasteiger partial charge in [0.1, 0.15) is 6.10 Å². The van der Waals surface area contributed by atoms with Crippen LogP contribution in [0.1, 0.15) is 68.6 Å². The highest BCUT2D eigenvalue weighted by atomic mass is 32.1. The summed E-state index contributed by atoms with van der Waals surface area (Å²) in [5.74, 6) is -2.44. The molecule has 3 N–H and O–H groups in total. The van der Waals surface area contributed by atoms with Gasteiger partial charge >= 0.3 is 6.09 Å². The Kier molecular flexibility index (Phi) is 12.1. The van der Waals surface area contributed by atoms with Crippen LogP contribution in [0.3, 0.4) is 0 Å². The number of carbonyl (C=O) groups is 5. The fraction of sp³-hybridized carbons (Fsp3) is 0.667. The predicted molar refractivity (Wildman–Crippen MR) is 186 cm³/mol. The number of benzene rings is 1. The van der Waals surface area contributed by atoms with Crippen molar-refractivity contribution in [3.63, 3.8) is 0 Å². The number of ketones is 2. The van der Waals surface area contributed by atoms with Gasteiger partial charge in [0.25, 0.3) is 0 Å². The second-order valence-electron chi connectivity index (χ2n) is 14.4. The fourth-order valence-corrected chi connectivity index (χ4v) is 8.54. The van der Waals surface area contributed by atoms with Crippen LogP contribution in [0, 0.1) is 23.7 Å². The van der Waals surface area contributed by atoms with Crippen LogP contribution in [0.25, 0.3) is 10.2 Å². The van der Waals surface area contributed by atoms with E-state index in [4.69, 9.17) is 14.2 Å². The summed E-state index contributed by atoms with van der Waals surface area (Å²) in [5.41, 5.74) is 0.692. The summed E-state index contributed by atoms with van der Waals surface area (Å²) < 4.78 is 17.3. The highest BCUT2D eigenvalue weighted by Crippen LogP contribution is 2.30. The molecule has 2 unspecified atom stereocenters. The minimum Gasteiger partial charge on any atom is -0.444 e. The number of carbonyl (C=O) groups excluding carboxylic acids is 5. The van der Waals surface area contributed by atoms with Gasteiger partial charge in [-0.25, -0.2) is 9.78 Å². The molecule has 7 atom stereocenters. The molecule has 1 aromatic heterocycles. The number of Topliss-reactive ketones (excluding diaryl/α,β-unsaturated/α-hetero) is 2. The molecule has 4 fully saturated rings. The Hall–Kier alpha value is -3.46. The number of likely N-dealkylation sites (tertiary alicyclic amines) is 1. The van der Waals surface area contributed by atoms with Crippen LogP contribution in [-0.2, 0) is 28.6 Å². The third kappa shape index (κ3) is 9.06. The number of hydrogen-bond acceptors (Lipinski definition) is 11. The number of alkyl carbamates (subject to hydrolysis) is 1. The number of fused-ring (bicyclic) bond motifs is 1. The van der Waals surface area contributed by atoms with Crippen LogP contribution in [0.2, 0.25) is 0 Å². The first-order valence-electron chi connectivity index (χ1n) is 18.0. The second kappa shape index (κ2) is 16.7. The van der Waals surface area contributed by atoms with Gasteiger partial charge in [-0.15, -0.1) is 11.3 Å². The van der Waals surface area contributed by atoms with E-state index in [0.717, 1.165) is 24.2 Å². The summed E-state index contributed by atoms with van der Waals surface area (Å²) in [7, 11) is 0. The number of aromatic nitrogens is 1. The average Bonchev–Trinajstić information content (AvgIpc) is 3.94. The molecule has 0 radical (unpaired) electrons. The van der Waals surface area contributed by atoms with Gasteiger partial charge in [-0.1, -0.05) is 12.1 Å². The zero-order valence-corrected chi connectivity index (χ0v) is 29.7. The van der Waals surface area contributed by atoms with Crippen LogP contribution in [0.4, 0.5) is 4.79 Å². The molecule has 5 heterocycles. The molecular formula is C36H49N5O8S. The lowest BCUT2D eigenvalue weighted by Gasteiger charge is -2.28. The van der Waals surface area contributed by atoms with E-state index in [2.05, 4.69) is 39.7 Å². The van der Waals surface area contributed by atoms with Crippen LogP contribution < -0.4 is 16.0 Å². The lowest BCUT2D eigenvalue weighted by Crippen LogP contribution is -2.50. The third-order valence-electron chi connectivity index (χ3n) is 10.5. The van der Waals surface area contributed by atoms with Gasteiger partial charge in [0.05, 0.1) is 42.1 Å². The standard InChI is InChI=1S/C36H49N5O8S/c1-21(2)41-12-8-22(18-41)15-25(17-29(42)31(24-9-13-47-19-24)40-36(46)49-26-10-14-48-20-26)34(45)38-28(16-23-7-11-37-33(23)44)32(43)35-39-27-5-3-4-6-30(27)50-35/h3-6,21-26,28,31H,7-20H2,1-2H3,(H,37,44)(H,38,45)(H,40,46)/t22?,23-,24?,25+,26+,28-,31-/m0/s1. The van der Waals surface area contributed by atoms with E-state index >= 15 is 0 Å². The molecule has 0 spiro atoms. The molecule has 4 aliphatic heterocycles. The highest BCUT2D eigenvalue weighted by molar-refractivity contribution is 7.20. The topological polar surface area (TPSA) is 165 Å². The Balaban J connectivity index is 1.22. The van der Waals surface area contributed by atoms with E-state index in [9.17, 15) is 24.0 Å². The number of para-hydroxylation sites is 1. The van der Waals surface area contributed by atoms with Crippen molar-refractivity contribution in [2.75, 3.05) is 46.1 Å². The summed E-state index contributed by atoms with van der Waals surface area (Å²) >= 11 is 1.26. The fourth-order valence-electron chi connectivity index (χ4n) is 7.58. The maximum absolute atomic E-state index is 14.4. The molecule has 50 heavy (non-hydrogen) atoms.